The van der Waals surface area contributed by atoms with Gasteiger partial charge in [0.15, 0.2) is 0 Å². The van der Waals surface area contributed by atoms with Crippen molar-refractivity contribution in [3.05, 3.63) is 131 Å². The lowest BCUT2D eigenvalue weighted by molar-refractivity contribution is -0.132. The fourth-order valence-electron chi connectivity index (χ4n) is 4.86. The zero-order valence-electron chi connectivity index (χ0n) is 22.7. The van der Waals surface area contributed by atoms with Crippen LogP contribution in [0.1, 0.15) is 42.1 Å². The Hall–Kier alpha value is -4.84. The quantitative estimate of drug-likeness (QED) is 0.150. The number of carbonyl (C=O) groups is 2. The smallest absolute Gasteiger partial charge is 0.300 e. The summed E-state index contributed by atoms with van der Waals surface area (Å²) in [4.78, 5) is 28.3. The van der Waals surface area contributed by atoms with Crippen LogP contribution in [0.25, 0.3) is 5.76 Å². The third-order valence-corrected chi connectivity index (χ3v) is 6.73. The minimum atomic E-state index is -0.799. The number of ketones is 1. The molecular weight excluding hydrogens is 502 g/mol. The molecule has 1 heterocycles. The number of amides is 1. The number of nitrogens with zero attached hydrogens (tertiary/aromatic N) is 1. The molecule has 1 aliphatic heterocycles. The largest absolute Gasteiger partial charge is 0.507 e. The predicted molar refractivity (Wildman–Crippen MR) is 155 cm³/mol. The number of aliphatic hydroxyl groups excluding tert-OH is 1. The highest BCUT2D eigenvalue weighted by molar-refractivity contribution is 6.51. The van der Waals surface area contributed by atoms with Gasteiger partial charge in [-0.15, -0.1) is 0 Å². The van der Waals surface area contributed by atoms with Crippen molar-refractivity contribution in [2.24, 2.45) is 0 Å². The number of hydrogen-bond donors (Lipinski definition) is 1. The van der Waals surface area contributed by atoms with Gasteiger partial charge in [0, 0.05) is 11.3 Å². The number of ether oxygens (including phenoxy) is 2. The van der Waals surface area contributed by atoms with Crippen LogP contribution in [-0.4, -0.2) is 22.9 Å². The van der Waals surface area contributed by atoms with Gasteiger partial charge in [0.2, 0.25) is 0 Å². The Morgan fingerprint density at radius 3 is 2.15 bits per heavy atom. The molecule has 0 saturated carbocycles. The first-order valence-electron chi connectivity index (χ1n) is 13.2. The van der Waals surface area contributed by atoms with E-state index in [-0.39, 0.29) is 17.4 Å². The van der Waals surface area contributed by atoms with Crippen molar-refractivity contribution in [1.29, 1.82) is 0 Å². The van der Waals surface area contributed by atoms with Crippen LogP contribution in [-0.2, 0) is 16.2 Å². The van der Waals surface area contributed by atoms with E-state index in [1.54, 1.807) is 42.5 Å². The molecule has 1 aliphatic rings. The Balaban J connectivity index is 1.52. The number of aryl methyl sites for hydroxylation is 1. The Labute approximate surface area is 234 Å². The summed E-state index contributed by atoms with van der Waals surface area (Å²) in [7, 11) is 0. The van der Waals surface area contributed by atoms with Crippen LogP contribution in [0, 0.1) is 6.92 Å². The van der Waals surface area contributed by atoms with Crippen molar-refractivity contribution in [2.75, 3.05) is 4.90 Å². The van der Waals surface area contributed by atoms with Crippen LogP contribution in [0.5, 0.6) is 11.5 Å². The molecule has 0 spiro atoms. The minimum absolute atomic E-state index is 0.00276. The number of aliphatic hydroxyl groups is 1. The van der Waals surface area contributed by atoms with Crippen LogP contribution in [0.4, 0.5) is 5.69 Å². The van der Waals surface area contributed by atoms with E-state index in [2.05, 4.69) is 0 Å². The SMILES string of the molecule is Cc1cc(/C(O)=C2/C(=O)C(=O)N(c3ccc(OC(C)C)cc3)C2c2ccccc2)ccc1OCc1ccccc1. The van der Waals surface area contributed by atoms with Gasteiger partial charge < -0.3 is 14.6 Å². The summed E-state index contributed by atoms with van der Waals surface area (Å²) < 4.78 is 11.7. The normalized spacial score (nSPS) is 16.4. The van der Waals surface area contributed by atoms with Crippen molar-refractivity contribution >= 4 is 23.1 Å². The van der Waals surface area contributed by atoms with E-state index in [9.17, 15) is 14.7 Å². The molecular formula is C34H31NO5. The molecule has 4 aromatic carbocycles. The summed E-state index contributed by atoms with van der Waals surface area (Å²) in [6, 6.07) is 30.6. The molecule has 0 radical (unpaired) electrons. The Morgan fingerprint density at radius 1 is 0.875 bits per heavy atom. The van der Waals surface area contributed by atoms with Crippen LogP contribution < -0.4 is 14.4 Å². The molecule has 5 rings (SSSR count). The average molecular weight is 534 g/mol. The van der Waals surface area contributed by atoms with Gasteiger partial charge in [-0.1, -0.05) is 60.7 Å². The summed E-state index contributed by atoms with van der Waals surface area (Å²) in [5.41, 5.74) is 3.56. The Morgan fingerprint density at radius 2 is 1.52 bits per heavy atom. The lowest BCUT2D eigenvalue weighted by atomic mass is 9.94. The molecule has 1 N–H and O–H groups in total. The van der Waals surface area contributed by atoms with Crippen molar-refractivity contribution < 1.29 is 24.2 Å². The number of rotatable bonds is 8. The van der Waals surface area contributed by atoms with Crippen LogP contribution in [0.2, 0.25) is 0 Å². The number of Topliss-reactive ketones (excluding diaryl/α,β-unsaturated/α-hetero) is 1. The molecule has 0 aromatic heterocycles. The first-order valence-corrected chi connectivity index (χ1v) is 13.2. The van der Waals surface area contributed by atoms with Gasteiger partial charge in [-0.2, -0.15) is 0 Å². The molecule has 0 aliphatic carbocycles. The lowest BCUT2D eigenvalue weighted by Crippen LogP contribution is -2.29. The highest BCUT2D eigenvalue weighted by Crippen LogP contribution is 2.42. The molecule has 202 valence electrons. The van der Waals surface area contributed by atoms with Crippen LogP contribution in [0.3, 0.4) is 0 Å². The third-order valence-electron chi connectivity index (χ3n) is 6.73. The van der Waals surface area contributed by atoms with E-state index in [1.165, 1.54) is 4.90 Å². The van der Waals surface area contributed by atoms with E-state index in [0.29, 0.717) is 34.9 Å². The van der Waals surface area contributed by atoms with Crippen LogP contribution >= 0.6 is 0 Å². The second-order valence-corrected chi connectivity index (χ2v) is 9.99. The molecule has 0 bridgehead atoms. The molecule has 40 heavy (non-hydrogen) atoms. The van der Waals surface area contributed by atoms with E-state index in [4.69, 9.17) is 9.47 Å². The maximum absolute atomic E-state index is 13.5. The summed E-state index contributed by atoms with van der Waals surface area (Å²) >= 11 is 0. The van der Waals surface area contributed by atoms with Crippen molar-refractivity contribution in [3.8, 4) is 11.5 Å². The fraction of sp³-hybridized carbons (Fsp3) is 0.176. The zero-order valence-corrected chi connectivity index (χ0v) is 22.7. The van der Waals surface area contributed by atoms with E-state index in [0.717, 1.165) is 11.1 Å². The molecule has 6 nitrogen and oxygen atoms in total. The zero-order chi connectivity index (χ0) is 28.2. The fourth-order valence-corrected chi connectivity index (χ4v) is 4.86. The van der Waals surface area contributed by atoms with E-state index in [1.807, 2.05) is 81.4 Å². The molecule has 4 aromatic rings. The molecule has 1 saturated heterocycles. The monoisotopic (exact) mass is 533 g/mol. The van der Waals surface area contributed by atoms with Gasteiger partial charge >= 0.3 is 0 Å². The van der Waals surface area contributed by atoms with Gasteiger partial charge in [-0.05, 0) is 79.9 Å². The maximum Gasteiger partial charge on any atom is 0.300 e. The van der Waals surface area contributed by atoms with Crippen molar-refractivity contribution in [3.63, 3.8) is 0 Å². The summed E-state index contributed by atoms with van der Waals surface area (Å²) in [6.07, 6.45) is 0.00276. The minimum Gasteiger partial charge on any atom is -0.507 e. The highest BCUT2D eigenvalue weighted by Gasteiger charge is 2.47. The topological polar surface area (TPSA) is 76.1 Å². The van der Waals surface area contributed by atoms with Gasteiger partial charge in [0.05, 0.1) is 17.7 Å². The van der Waals surface area contributed by atoms with E-state index < -0.39 is 17.7 Å². The maximum atomic E-state index is 13.5. The Kier molecular flexibility index (Phi) is 7.69. The number of carbonyl (C=O) groups excluding carboxylic acids is 2. The number of benzene rings is 4. The summed E-state index contributed by atoms with van der Waals surface area (Å²) in [5, 5.41) is 11.5. The summed E-state index contributed by atoms with van der Waals surface area (Å²) in [6.45, 7) is 6.16. The average Bonchev–Trinajstić information content (AvgIpc) is 3.23. The van der Waals surface area contributed by atoms with E-state index >= 15 is 0 Å². The Bertz CT molecular complexity index is 1540. The number of hydrogen-bond acceptors (Lipinski definition) is 5. The first-order chi connectivity index (χ1) is 19.3. The van der Waals surface area contributed by atoms with Gasteiger partial charge in [0.25, 0.3) is 11.7 Å². The van der Waals surface area contributed by atoms with Crippen LogP contribution in [0.15, 0.2) is 109 Å². The predicted octanol–water partition coefficient (Wildman–Crippen LogP) is 6.99. The standard InChI is InChI=1S/C34H31NO5/c1-22(2)40-28-17-15-27(16-18-28)35-31(25-12-8-5-9-13-25)30(33(37)34(35)38)32(36)26-14-19-29(23(3)20-26)39-21-24-10-6-4-7-11-24/h4-20,22,31,36H,21H2,1-3H3/b32-30-. The number of anilines is 1. The lowest BCUT2D eigenvalue weighted by Gasteiger charge is -2.25. The molecule has 6 heteroatoms. The second-order valence-electron chi connectivity index (χ2n) is 9.99. The first kappa shape index (κ1) is 26.8. The van der Waals surface area contributed by atoms with Gasteiger partial charge in [-0.3, -0.25) is 14.5 Å². The third kappa shape index (κ3) is 5.47. The molecule has 1 atom stereocenters. The van der Waals surface area contributed by atoms with Gasteiger partial charge in [0.1, 0.15) is 23.9 Å². The molecule has 1 amide bonds. The van der Waals surface area contributed by atoms with Crippen molar-refractivity contribution in [1.82, 2.24) is 0 Å². The van der Waals surface area contributed by atoms with Crippen molar-refractivity contribution in [2.45, 2.75) is 39.5 Å². The molecule has 1 unspecified atom stereocenters. The highest BCUT2D eigenvalue weighted by atomic mass is 16.5. The summed E-state index contributed by atoms with van der Waals surface area (Å²) in [5.74, 6) is -0.337. The molecule has 1 fully saturated rings. The van der Waals surface area contributed by atoms with Gasteiger partial charge in [-0.25, -0.2) is 0 Å². The second kappa shape index (κ2) is 11.5.